The van der Waals surface area contributed by atoms with Crippen LogP contribution in [0.1, 0.15) is 15.9 Å². The number of carbonyl (C=O) groups excluding carboxylic acids is 1. The van der Waals surface area contributed by atoms with Crippen LogP contribution < -0.4 is 0 Å². The highest BCUT2D eigenvalue weighted by Gasteiger charge is 2.13. The van der Waals surface area contributed by atoms with E-state index in [4.69, 9.17) is 0 Å². The molecule has 1 aromatic carbocycles. The summed E-state index contributed by atoms with van der Waals surface area (Å²) in [5.74, 6) is -1.83. The van der Waals surface area contributed by atoms with Crippen molar-refractivity contribution in [3.05, 3.63) is 65.5 Å². The predicted octanol–water partition coefficient (Wildman–Crippen LogP) is 2.59. The summed E-state index contributed by atoms with van der Waals surface area (Å²) < 4.78 is 26.1. The number of halogens is 2. The zero-order valence-electron chi connectivity index (χ0n) is 8.15. The highest BCUT2D eigenvalue weighted by atomic mass is 19.1. The molecule has 2 aromatic rings. The van der Waals surface area contributed by atoms with E-state index in [1.165, 1.54) is 24.4 Å². The van der Waals surface area contributed by atoms with Gasteiger partial charge in [-0.25, -0.2) is 8.78 Å². The van der Waals surface area contributed by atoms with Gasteiger partial charge in [-0.1, -0.05) is 12.1 Å². The summed E-state index contributed by atoms with van der Waals surface area (Å²) in [4.78, 5) is 15.3. The fourth-order valence-electron chi connectivity index (χ4n) is 1.34. The number of benzene rings is 1. The first-order valence-corrected chi connectivity index (χ1v) is 4.58. The number of carbonyl (C=O) groups is 1. The summed E-state index contributed by atoms with van der Waals surface area (Å²) in [6, 6.07) is 6.59. The number of aromatic nitrogens is 1. The van der Waals surface area contributed by atoms with Crippen LogP contribution in [0.3, 0.4) is 0 Å². The van der Waals surface area contributed by atoms with Gasteiger partial charge in [0.25, 0.3) is 0 Å². The third-order valence-electron chi connectivity index (χ3n) is 2.09. The first kappa shape index (κ1) is 10.4. The average Bonchev–Trinajstić information content (AvgIpc) is 2.29. The number of pyridine rings is 1. The van der Waals surface area contributed by atoms with Gasteiger partial charge in [0.1, 0.15) is 11.6 Å². The molecule has 80 valence electrons. The Morgan fingerprint density at radius 1 is 1.12 bits per heavy atom. The molecule has 0 spiro atoms. The van der Waals surface area contributed by atoms with Gasteiger partial charge in [0.2, 0.25) is 0 Å². The fraction of sp³-hybridized carbons (Fsp3) is 0. The van der Waals surface area contributed by atoms with E-state index >= 15 is 0 Å². The highest BCUT2D eigenvalue weighted by molar-refractivity contribution is 6.08. The highest BCUT2D eigenvalue weighted by Crippen LogP contribution is 2.13. The smallest absolute Gasteiger partial charge is 0.197 e. The zero-order valence-corrected chi connectivity index (χ0v) is 8.15. The molecule has 0 unspecified atom stereocenters. The second kappa shape index (κ2) is 4.18. The Hall–Kier alpha value is -2.10. The van der Waals surface area contributed by atoms with E-state index in [1.807, 2.05) is 0 Å². The van der Waals surface area contributed by atoms with Crippen LogP contribution in [-0.2, 0) is 0 Å². The van der Waals surface area contributed by atoms with Crippen molar-refractivity contribution in [3.8, 4) is 0 Å². The SMILES string of the molecule is O=C(c1cncc(F)c1)c1ccccc1F. The van der Waals surface area contributed by atoms with Crippen molar-refractivity contribution in [2.24, 2.45) is 0 Å². The molecule has 1 aromatic heterocycles. The lowest BCUT2D eigenvalue weighted by Gasteiger charge is -2.01. The molecule has 2 rings (SSSR count). The third kappa shape index (κ3) is 1.95. The van der Waals surface area contributed by atoms with Crippen molar-refractivity contribution < 1.29 is 13.6 Å². The standard InChI is InChI=1S/C12H7F2NO/c13-9-5-8(6-15-7-9)12(16)10-3-1-2-4-11(10)14/h1-7H. The average molecular weight is 219 g/mol. The van der Waals surface area contributed by atoms with E-state index in [9.17, 15) is 13.6 Å². The van der Waals surface area contributed by atoms with E-state index in [-0.39, 0.29) is 11.1 Å². The van der Waals surface area contributed by atoms with Crippen LogP contribution in [0.5, 0.6) is 0 Å². The third-order valence-corrected chi connectivity index (χ3v) is 2.09. The van der Waals surface area contributed by atoms with Crippen LogP contribution in [-0.4, -0.2) is 10.8 Å². The van der Waals surface area contributed by atoms with Crippen LogP contribution in [0.2, 0.25) is 0 Å². The Morgan fingerprint density at radius 3 is 2.56 bits per heavy atom. The first-order chi connectivity index (χ1) is 7.68. The van der Waals surface area contributed by atoms with Crippen LogP contribution >= 0.6 is 0 Å². The fourth-order valence-corrected chi connectivity index (χ4v) is 1.34. The normalized spacial score (nSPS) is 10.1. The molecule has 0 atom stereocenters. The molecule has 0 radical (unpaired) electrons. The summed E-state index contributed by atoms with van der Waals surface area (Å²) >= 11 is 0. The molecule has 0 aliphatic heterocycles. The van der Waals surface area contributed by atoms with Crippen LogP contribution in [0.4, 0.5) is 8.78 Å². The quantitative estimate of drug-likeness (QED) is 0.726. The number of hydrogen-bond acceptors (Lipinski definition) is 2. The van der Waals surface area contributed by atoms with Crippen molar-refractivity contribution in [1.29, 1.82) is 0 Å². The second-order valence-electron chi connectivity index (χ2n) is 3.20. The molecule has 4 heteroatoms. The number of nitrogens with zero attached hydrogens (tertiary/aromatic N) is 1. The topological polar surface area (TPSA) is 30.0 Å². The van der Waals surface area contributed by atoms with Gasteiger partial charge in [0.15, 0.2) is 5.78 Å². The summed E-state index contributed by atoms with van der Waals surface area (Å²) in [6.45, 7) is 0. The Morgan fingerprint density at radius 2 is 1.88 bits per heavy atom. The van der Waals surface area contributed by atoms with E-state index < -0.39 is 17.4 Å². The van der Waals surface area contributed by atoms with Crippen LogP contribution in [0, 0.1) is 11.6 Å². The maximum absolute atomic E-state index is 13.3. The van der Waals surface area contributed by atoms with Crippen molar-refractivity contribution in [2.45, 2.75) is 0 Å². The maximum Gasteiger partial charge on any atom is 0.197 e. The molecule has 0 fully saturated rings. The van der Waals surface area contributed by atoms with Crippen molar-refractivity contribution >= 4 is 5.78 Å². The Bertz CT molecular complexity index is 540. The van der Waals surface area contributed by atoms with Gasteiger partial charge in [-0.15, -0.1) is 0 Å². The number of rotatable bonds is 2. The minimum Gasteiger partial charge on any atom is -0.288 e. The van der Waals surface area contributed by atoms with E-state index in [0.29, 0.717) is 0 Å². The molecule has 0 bridgehead atoms. The molecular weight excluding hydrogens is 212 g/mol. The molecular formula is C12H7F2NO. The molecule has 0 amide bonds. The maximum atomic E-state index is 13.3. The first-order valence-electron chi connectivity index (χ1n) is 4.58. The minimum atomic E-state index is -0.628. The lowest BCUT2D eigenvalue weighted by atomic mass is 10.0. The molecule has 0 N–H and O–H groups in total. The van der Waals surface area contributed by atoms with Gasteiger partial charge in [0, 0.05) is 11.8 Å². The Balaban J connectivity index is 2.44. The summed E-state index contributed by atoms with van der Waals surface area (Å²) in [7, 11) is 0. The Kier molecular flexibility index (Phi) is 2.72. The molecule has 0 aliphatic carbocycles. The molecule has 0 saturated carbocycles. The zero-order chi connectivity index (χ0) is 11.5. The number of ketones is 1. The van der Waals surface area contributed by atoms with E-state index in [1.54, 1.807) is 6.07 Å². The van der Waals surface area contributed by atoms with Gasteiger partial charge in [-0.2, -0.15) is 0 Å². The lowest BCUT2D eigenvalue weighted by molar-refractivity contribution is 0.103. The van der Waals surface area contributed by atoms with Gasteiger partial charge in [0.05, 0.1) is 11.8 Å². The summed E-state index contributed by atoms with van der Waals surface area (Å²) in [6.07, 6.45) is 2.19. The predicted molar refractivity (Wildman–Crippen MR) is 54.0 cm³/mol. The minimum absolute atomic E-state index is 0.0325. The molecule has 1 heterocycles. The van der Waals surface area contributed by atoms with Gasteiger partial charge in [-0.05, 0) is 18.2 Å². The molecule has 0 saturated heterocycles. The monoisotopic (exact) mass is 219 g/mol. The lowest BCUT2D eigenvalue weighted by Crippen LogP contribution is -2.04. The van der Waals surface area contributed by atoms with Crippen molar-refractivity contribution in [1.82, 2.24) is 4.98 Å². The van der Waals surface area contributed by atoms with Crippen LogP contribution in [0.25, 0.3) is 0 Å². The largest absolute Gasteiger partial charge is 0.288 e. The summed E-state index contributed by atoms with van der Waals surface area (Å²) in [5.41, 5.74) is -0.0556. The second-order valence-corrected chi connectivity index (χ2v) is 3.20. The molecule has 16 heavy (non-hydrogen) atoms. The van der Waals surface area contributed by atoms with Gasteiger partial charge >= 0.3 is 0 Å². The van der Waals surface area contributed by atoms with E-state index in [2.05, 4.69) is 4.98 Å². The number of hydrogen-bond donors (Lipinski definition) is 0. The van der Waals surface area contributed by atoms with Crippen LogP contribution in [0.15, 0.2) is 42.7 Å². The summed E-state index contributed by atoms with van der Waals surface area (Å²) in [5, 5.41) is 0. The molecule has 0 aliphatic rings. The van der Waals surface area contributed by atoms with Crippen molar-refractivity contribution in [3.63, 3.8) is 0 Å². The van der Waals surface area contributed by atoms with Gasteiger partial charge in [-0.3, -0.25) is 9.78 Å². The van der Waals surface area contributed by atoms with E-state index in [0.717, 1.165) is 12.3 Å². The molecule has 2 nitrogen and oxygen atoms in total. The van der Waals surface area contributed by atoms with Gasteiger partial charge < -0.3 is 0 Å². The Labute approximate surface area is 90.6 Å². The van der Waals surface area contributed by atoms with Crippen molar-refractivity contribution in [2.75, 3.05) is 0 Å².